The second kappa shape index (κ2) is 18.2. The van der Waals surface area contributed by atoms with Crippen LogP contribution in [0.3, 0.4) is 0 Å². The molecule has 12 heteroatoms. The first kappa shape index (κ1) is 36.4. The standard InChI is InChI=1S/C35H49N3O8S/c1-4-17-37-18-9-12-30(37)24-38(47(41,42)34-14-13-31(43-3)23-32(34)45-21-5-2)19-15-29(22-27-10-7-6-8-11-27)36-35(40)46-33-26-44-25-28(33)16-20-39/h4-8,10-11,13-14,23,28-30,33,39H,1-2,9,12,15-22,24-26H2,3H3,(H,36,40)/t28-,29-,30?,33+/m1/s1. The van der Waals surface area contributed by atoms with E-state index in [4.69, 9.17) is 18.9 Å². The maximum absolute atomic E-state index is 14.5. The molecule has 0 aromatic heterocycles. The Labute approximate surface area is 279 Å². The van der Waals surface area contributed by atoms with Gasteiger partial charge in [0.2, 0.25) is 10.0 Å². The molecule has 0 spiro atoms. The number of aliphatic hydroxyl groups is 1. The number of carbonyl (C=O) groups excluding carboxylic acids is 1. The van der Waals surface area contributed by atoms with Crippen molar-refractivity contribution >= 4 is 16.1 Å². The summed E-state index contributed by atoms with van der Waals surface area (Å²) in [7, 11) is -2.55. The Balaban J connectivity index is 1.60. The van der Waals surface area contributed by atoms with Gasteiger partial charge in [0.1, 0.15) is 29.1 Å². The monoisotopic (exact) mass is 671 g/mol. The SMILES string of the molecule is C=CCOc1cc(OC)ccc1S(=O)(=O)N(CC[C@H](Cc1ccccc1)NC(=O)O[C@H]1COC[C@H]1CCO)CC1CCCN1CC=C. The molecule has 0 aliphatic carbocycles. The molecule has 2 aromatic rings. The van der Waals surface area contributed by atoms with Crippen LogP contribution in [0, 0.1) is 5.92 Å². The molecule has 258 valence electrons. The summed E-state index contributed by atoms with van der Waals surface area (Å²) in [6.07, 6.45) is 5.46. The number of likely N-dealkylation sites (tertiary alicyclic amines) is 1. The number of benzene rings is 2. The number of nitrogens with zero attached hydrogens (tertiary/aromatic N) is 2. The molecule has 2 aromatic carbocycles. The zero-order valence-corrected chi connectivity index (χ0v) is 28.1. The minimum atomic E-state index is -4.06. The van der Waals surface area contributed by atoms with Crippen molar-refractivity contribution in [3.8, 4) is 11.5 Å². The first-order valence-corrected chi connectivity index (χ1v) is 17.7. The van der Waals surface area contributed by atoms with Gasteiger partial charge < -0.3 is 29.4 Å². The Morgan fingerprint density at radius 2 is 2.00 bits per heavy atom. The number of sulfonamides is 1. The molecule has 2 aliphatic rings. The second-order valence-electron chi connectivity index (χ2n) is 11.9. The van der Waals surface area contributed by atoms with Crippen LogP contribution < -0.4 is 14.8 Å². The molecule has 1 amide bonds. The third-order valence-electron chi connectivity index (χ3n) is 8.67. The molecule has 0 radical (unpaired) electrons. The second-order valence-corrected chi connectivity index (χ2v) is 13.8. The maximum atomic E-state index is 14.5. The molecule has 0 saturated carbocycles. The number of ether oxygens (including phenoxy) is 4. The van der Waals surface area contributed by atoms with Crippen LogP contribution in [0.1, 0.15) is 31.2 Å². The molecule has 47 heavy (non-hydrogen) atoms. The van der Waals surface area contributed by atoms with Gasteiger partial charge in [-0.15, -0.1) is 6.58 Å². The van der Waals surface area contributed by atoms with Crippen LogP contribution in [-0.4, -0.2) is 107 Å². The fraction of sp³-hybridized carbons (Fsp3) is 0.514. The van der Waals surface area contributed by atoms with Gasteiger partial charge in [-0.25, -0.2) is 13.2 Å². The Kier molecular flexibility index (Phi) is 14.1. The molecule has 4 atom stereocenters. The number of alkyl carbamates (subject to hydrolysis) is 1. The molecule has 4 rings (SSSR count). The Morgan fingerprint density at radius 1 is 1.19 bits per heavy atom. The lowest BCUT2D eigenvalue weighted by Gasteiger charge is -2.31. The van der Waals surface area contributed by atoms with Crippen LogP contribution in [0.2, 0.25) is 0 Å². The number of carbonyl (C=O) groups is 1. The van der Waals surface area contributed by atoms with E-state index in [0.29, 0.717) is 38.2 Å². The average molecular weight is 672 g/mol. The number of nitrogens with one attached hydrogen (secondary N) is 1. The van der Waals surface area contributed by atoms with Crippen molar-refractivity contribution in [2.75, 3.05) is 59.7 Å². The van der Waals surface area contributed by atoms with Crippen molar-refractivity contribution in [3.05, 3.63) is 79.4 Å². The molecule has 0 bridgehead atoms. The van der Waals surface area contributed by atoms with E-state index in [2.05, 4.69) is 23.4 Å². The fourth-order valence-electron chi connectivity index (χ4n) is 6.19. The Hall–Kier alpha value is -3.42. The molecular formula is C35H49N3O8S. The molecule has 2 heterocycles. The van der Waals surface area contributed by atoms with Crippen LogP contribution in [0.5, 0.6) is 11.5 Å². The highest BCUT2D eigenvalue weighted by atomic mass is 32.2. The van der Waals surface area contributed by atoms with Gasteiger partial charge in [0, 0.05) is 50.3 Å². The third-order valence-corrected chi connectivity index (χ3v) is 10.6. The molecule has 2 aliphatic heterocycles. The molecule has 2 saturated heterocycles. The quantitative estimate of drug-likeness (QED) is 0.213. The summed E-state index contributed by atoms with van der Waals surface area (Å²) in [5, 5.41) is 12.4. The summed E-state index contributed by atoms with van der Waals surface area (Å²) in [6.45, 7) is 10.3. The minimum absolute atomic E-state index is 0.00916. The summed E-state index contributed by atoms with van der Waals surface area (Å²) < 4.78 is 52.9. The van der Waals surface area contributed by atoms with Gasteiger partial charge in [-0.2, -0.15) is 4.31 Å². The molecule has 11 nitrogen and oxygen atoms in total. The summed E-state index contributed by atoms with van der Waals surface area (Å²) in [5.41, 5.74) is 0.998. The van der Waals surface area contributed by atoms with Crippen molar-refractivity contribution < 1.29 is 37.3 Å². The van der Waals surface area contributed by atoms with Gasteiger partial charge in [0.25, 0.3) is 0 Å². The minimum Gasteiger partial charge on any atom is -0.497 e. The summed E-state index contributed by atoms with van der Waals surface area (Å²) in [4.78, 5) is 15.5. The first-order valence-electron chi connectivity index (χ1n) is 16.3. The average Bonchev–Trinajstić information content (AvgIpc) is 3.71. The van der Waals surface area contributed by atoms with E-state index >= 15 is 0 Å². The molecule has 1 unspecified atom stereocenters. The third kappa shape index (κ3) is 10.3. The van der Waals surface area contributed by atoms with E-state index in [0.717, 1.165) is 24.9 Å². The summed E-state index contributed by atoms with van der Waals surface area (Å²) >= 11 is 0. The number of methoxy groups -OCH3 is 1. The number of rotatable bonds is 19. The van der Waals surface area contributed by atoms with E-state index in [1.165, 1.54) is 17.5 Å². The molecule has 2 fully saturated rings. The van der Waals surface area contributed by atoms with E-state index in [1.807, 2.05) is 36.4 Å². The predicted molar refractivity (Wildman–Crippen MR) is 180 cm³/mol. The zero-order valence-electron chi connectivity index (χ0n) is 27.3. The van der Waals surface area contributed by atoms with Gasteiger partial charge in [0.15, 0.2) is 0 Å². The van der Waals surface area contributed by atoms with E-state index < -0.39 is 28.3 Å². The van der Waals surface area contributed by atoms with Crippen LogP contribution >= 0.6 is 0 Å². The fourth-order valence-corrected chi connectivity index (χ4v) is 7.79. The van der Waals surface area contributed by atoms with Crippen LogP contribution in [0.25, 0.3) is 0 Å². The van der Waals surface area contributed by atoms with Crippen LogP contribution in [0.15, 0.2) is 78.7 Å². The van der Waals surface area contributed by atoms with Crippen molar-refractivity contribution in [1.29, 1.82) is 0 Å². The number of aliphatic hydroxyl groups excluding tert-OH is 1. The van der Waals surface area contributed by atoms with Crippen LogP contribution in [-0.2, 0) is 25.9 Å². The van der Waals surface area contributed by atoms with Crippen molar-refractivity contribution in [2.45, 2.75) is 55.2 Å². The van der Waals surface area contributed by atoms with Crippen molar-refractivity contribution in [3.63, 3.8) is 0 Å². The van der Waals surface area contributed by atoms with Crippen molar-refractivity contribution in [1.82, 2.24) is 14.5 Å². The predicted octanol–water partition coefficient (Wildman–Crippen LogP) is 4.03. The number of hydrogen-bond donors (Lipinski definition) is 2. The summed E-state index contributed by atoms with van der Waals surface area (Å²) in [5.74, 6) is 0.579. The highest BCUT2D eigenvalue weighted by molar-refractivity contribution is 7.89. The van der Waals surface area contributed by atoms with E-state index in [-0.39, 0.29) is 55.5 Å². The highest BCUT2D eigenvalue weighted by Gasteiger charge is 2.35. The van der Waals surface area contributed by atoms with Gasteiger partial charge in [-0.3, -0.25) is 4.90 Å². The van der Waals surface area contributed by atoms with Gasteiger partial charge in [-0.05, 0) is 56.3 Å². The van der Waals surface area contributed by atoms with Crippen LogP contribution in [0.4, 0.5) is 4.79 Å². The normalized spacial score (nSPS) is 20.5. The number of amides is 1. The summed E-state index contributed by atoms with van der Waals surface area (Å²) in [6, 6.07) is 14.0. The lowest BCUT2D eigenvalue weighted by Crippen LogP contribution is -2.46. The largest absolute Gasteiger partial charge is 0.497 e. The highest BCUT2D eigenvalue weighted by Crippen LogP contribution is 2.32. The van der Waals surface area contributed by atoms with Crippen molar-refractivity contribution in [2.24, 2.45) is 5.92 Å². The molecule has 2 N–H and O–H groups in total. The lowest BCUT2D eigenvalue weighted by molar-refractivity contribution is 0.0645. The van der Waals surface area contributed by atoms with Gasteiger partial charge in [-0.1, -0.05) is 49.1 Å². The zero-order chi connectivity index (χ0) is 33.6. The van der Waals surface area contributed by atoms with Gasteiger partial charge >= 0.3 is 6.09 Å². The molecular weight excluding hydrogens is 622 g/mol. The number of hydrogen-bond acceptors (Lipinski definition) is 9. The topological polar surface area (TPSA) is 127 Å². The lowest BCUT2D eigenvalue weighted by atomic mass is 10.0. The Bertz CT molecular complexity index is 1410. The van der Waals surface area contributed by atoms with E-state index in [1.54, 1.807) is 18.2 Å². The first-order chi connectivity index (χ1) is 22.8. The smallest absolute Gasteiger partial charge is 0.407 e. The van der Waals surface area contributed by atoms with Gasteiger partial charge in [0.05, 0.1) is 20.3 Å². The maximum Gasteiger partial charge on any atom is 0.407 e. The Morgan fingerprint density at radius 3 is 2.72 bits per heavy atom. The van der Waals surface area contributed by atoms with E-state index in [9.17, 15) is 18.3 Å².